The lowest BCUT2D eigenvalue weighted by Gasteiger charge is -2.25. The van der Waals surface area contributed by atoms with Gasteiger partial charge in [-0.2, -0.15) is 0 Å². The van der Waals surface area contributed by atoms with Crippen LogP contribution in [0, 0.1) is 5.92 Å². The van der Waals surface area contributed by atoms with Gasteiger partial charge in [-0.15, -0.1) is 0 Å². The highest BCUT2D eigenvalue weighted by atomic mass is 127. The van der Waals surface area contributed by atoms with Gasteiger partial charge in [0.2, 0.25) is 0 Å². The Morgan fingerprint density at radius 2 is 1.58 bits per heavy atom. The van der Waals surface area contributed by atoms with E-state index in [1.165, 1.54) is 44.9 Å². The topological polar surface area (TPSA) is 74.2 Å². The minimum absolute atomic E-state index is 0.178. The summed E-state index contributed by atoms with van der Waals surface area (Å²) >= 11 is 2.39. The van der Waals surface area contributed by atoms with Crippen LogP contribution in [0.4, 0.5) is 11.6 Å². The molecule has 0 radical (unpaired) electrons. The number of alkyl halides is 1. The predicted octanol–water partition coefficient (Wildman–Crippen LogP) is 3.75. The monoisotopic (exact) mass is 375 g/mol. The van der Waals surface area contributed by atoms with Gasteiger partial charge < -0.3 is 16.2 Å². The Bertz CT molecular complexity index is 385. The first-order valence-electron chi connectivity index (χ1n) is 6.99. The van der Waals surface area contributed by atoms with Crippen LogP contribution < -0.4 is 16.2 Å². The third-order valence-corrected chi connectivity index (χ3v) is 4.88. The number of nitrogens with two attached hydrogens (primary N) is 2. The molecule has 1 aliphatic carbocycles. The molecule has 1 aromatic heterocycles. The van der Waals surface area contributed by atoms with Crippen molar-refractivity contribution in [2.24, 2.45) is 5.92 Å². The minimum Gasteiger partial charge on any atom is -0.480 e. The van der Waals surface area contributed by atoms with Crippen molar-refractivity contribution in [3.8, 4) is 5.75 Å². The van der Waals surface area contributed by atoms with Crippen molar-refractivity contribution >= 4 is 34.2 Å². The second-order valence-electron chi connectivity index (χ2n) is 5.23. The lowest BCUT2D eigenvalue weighted by atomic mass is 9.92. The van der Waals surface area contributed by atoms with Crippen LogP contribution in [-0.2, 0) is 0 Å². The van der Waals surface area contributed by atoms with E-state index in [1.54, 1.807) is 12.1 Å². The molecule has 0 bridgehead atoms. The highest BCUT2D eigenvalue weighted by Crippen LogP contribution is 2.31. The molecule has 0 aromatic carbocycles. The molecule has 1 heterocycles. The maximum atomic E-state index is 6.00. The number of nitrogens with zero attached hydrogens (tertiary/aromatic N) is 1. The Hall–Kier alpha value is -0.720. The summed E-state index contributed by atoms with van der Waals surface area (Å²) in [7, 11) is 0. The molecular weight excluding hydrogens is 353 g/mol. The minimum atomic E-state index is 0.178. The van der Waals surface area contributed by atoms with Gasteiger partial charge in [0, 0.05) is 18.1 Å². The van der Waals surface area contributed by atoms with Gasteiger partial charge in [0.25, 0.3) is 0 Å². The molecule has 106 valence electrons. The van der Waals surface area contributed by atoms with Crippen molar-refractivity contribution in [3.05, 3.63) is 12.1 Å². The summed E-state index contributed by atoms with van der Waals surface area (Å²) < 4.78 is 6.18. The number of nitrogen functional groups attached to an aromatic ring is 2. The molecule has 4 N–H and O–H groups in total. The Labute approximate surface area is 128 Å². The molecular formula is C14H22IN3O. The first-order chi connectivity index (χ1) is 9.15. The summed E-state index contributed by atoms with van der Waals surface area (Å²) in [4.78, 5) is 3.95. The molecule has 1 aromatic rings. The maximum absolute atomic E-state index is 6.00. The van der Waals surface area contributed by atoms with E-state index in [9.17, 15) is 0 Å². The van der Waals surface area contributed by atoms with Gasteiger partial charge in [-0.1, -0.05) is 32.1 Å². The lowest BCUT2D eigenvalue weighted by molar-refractivity contribution is 0.202. The van der Waals surface area contributed by atoms with E-state index in [0.717, 1.165) is 5.75 Å². The molecule has 0 amide bonds. The fourth-order valence-electron chi connectivity index (χ4n) is 2.59. The van der Waals surface area contributed by atoms with Crippen molar-refractivity contribution in [1.29, 1.82) is 0 Å². The highest BCUT2D eigenvalue weighted by molar-refractivity contribution is 14.1. The van der Waals surface area contributed by atoms with Gasteiger partial charge in [-0.05, 0) is 35.4 Å². The van der Waals surface area contributed by atoms with Crippen molar-refractivity contribution in [2.45, 2.75) is 49.1 Å². The van der Waals surface area contributed by atoms with Gasteiger partial charge in [0.15, 0.2) is 4.11 Å². The van der Waals surface area contributed by atoms with Crippen LogP contribution in [0.1, 0.15) is 44.9 Å². The van der Waals surface area contributed by atoms with E-state index in [-0.39, 0.29) is 4.11 Å². The Balaban J connectivity index is 1.96. The summed E-state index contributed by atoms with van der Waals surface area (Å²) in [5, 5.41) is 0. The van der Waals surface area contributed by atoms with Crippen LogP contribution in [0.3, 0.4) is 0 Å². The van der Waals surface area contributed by atoms with Gasteiger partial charge >= 0.3 is 0 Å². The van der Waals surface area contributed by atoms with Gasteiger partial charge in [-0.3, -0.25) is 0 Å². The molecule has 4 nitrogen and oxygen atoms in total. The normalized spacial score (nSPS) is 19.4. The smallest absolute Gasteiger partial charge is 0.152 e. The zero-order valence-corrected chi connectivity index (χ0v) is 13.3. The van der Waals surface area contributed by atoms with E-state index >= 15 is 0 Å². The van der Waals surface area contributed by atoms with Gasteiger partial charge in [0.1, 0.15) is 17.4 Å². The first kappa shape index (κ1) is 14.7. The van der Waals surface area contributed by atoms with Crippen molar-refractivity contribution in [2.75, 3.05) is 11.5 Å². The second kappa shape index (κ2) is 7.17. The van der Waals surface area contributed by atoms with Crippen LogP contribution in [0.2, 0.25) is 0 Å². The van der Waals surface area contributed by atoms with E-state index < -0.39 is 0 Å². The van der Waals surface area contributed by atoms with E-state index in [1.807, 2.05) is 0 Å². The van der Waals surface area contributed by atoms with Crippen LogP contribution in [0.25, 0.3) is 0 Å². The average molecular weight is 375 g/mol. The fraction of sp³-hybridized carbons (Fsp3) is 0.643. The Kier molecular flexibility index (Phi) is 5.54. The number of hydrogen-bond donors (Lipinski definition) is 2. The molecule has 1 atom stereocenters. The summed E-state index contributed by atoms with van der Waals surface area (Å²) in [6.45, 7) is 0. The summed E-state index contributed by atoms with van der Waals surface area (Å²) in [5.41, 5.74) is 11.4. The first-order valence-corrected chi connectivity index (χ1v) is 8.23. The standard InChI is InChI=1S/C14H22IN3O/c15-14(10-6-4-2-1-3-5-7-10)19-11-8-12(16)18-13(17)9-11/h8-10,14H,1-7H2,(H4,16,17,18). The fourth-order valence-corrected chi connectivity index (χ4v) is 3.60. The maximum Gasteiger partial charge on any atom is 0.152 e. The summed E-state index contributed by atoms with van der Waals surface area (Å²) in [5.74, 6) is 2.18. The molecule has 0 saturated heterocycles. The van der Waals surface area contributed by atoms with Crippen molar-refractivity contribution in [3.63, 3.8) is 0 Å². The number of aromatic nitrogens is 1. The quantitative estimate of drug-likeness (QED) is 0.624. The van der Waals surface area contributed by atoms with E-state index in [4.69, 9.17) is 16.2 Å². The van der Waals surface area contributed by atoms with Gasteiger partial charge in [0.05, 0.1) is 0 Å². The van der Waals surface area contributed by atoms with Crippen LogP contribution in [0.5, 0.6) is 5.75 Å². The number of hydrogen-bond acceptors (Lipinski definition) is 4. The molecule has 1 fully saturated rings. The molecule has 0 aliphatic heterocycles. The molecule has 1 saturated carbocycles. The molecule has 1 unspecified atom stereocenters. The average Bonchev–Trinajstić information content (AvgIpc) is 2.26. The summed E-state index contributed by atoms with van der Waals surface area (Å²) in [6.07, 6.45) is 9.23. The van der Waals surface area contributed by atoms with Crippen LogP contribution in [-0.4, -0.2) is 9.09 Å². The molecule has 2 rings (SSSR count). The largest absolute Gasteiger partial charge is 0.480 e. The zero-order chi connectivity index (χ0) is 13.7. The third-order valence-electron chi connectivity index (χ3n) is 3.61. The third kappa shape index (κ3) is 4.71. The van der Waals surface area contributed by atoms with Gasteiger partial charge in [-0.25, -0.2) is 4.98 Å². The number of pyridine rings is 1. The second-order valence-corrected chi connectivity index (χ2v) is 6.45. The predicted molar refractivity (Wildman–Crippen MR) is 87.3 cm³/mol. The molecule has 0 spiro atoms. The number of rotatable bonds is 3. The molecule has 1 aliphatic rings. The Morgan fingerprint density at radius 3 is 2.16 bits per heavy atom. The van der Waals surface area contributed by atoms with Crippen molar-refractivity contribution in [1.82, 2.24) is 4.98 Å². The number of anilines is 2. The SMILES string of the molecule is Nc1cc(OC(I)C2CCCCCCC2)cc(N)n1. The van der Waals surface area contributed by atoms with Crippen LogP contribution >= 0.6 is 22.6 Å². The van der Waals surface area contributed by atoms with Crippen LogP contribution in [0.15, 0.2) is 12.1 Å². The van der Waals surface area contributed by atoms with E-state index in [0.29, 0.717) is 17.6 Å². The number of halogens is 1. The zero-order valence-electron chi connectivity index (χ0n) is 11.1. The number of ether oxygens (including phenoxy) is 1. The molecule has 19 heavy (non-hydrogen) atoms. The Morgan fingerprint density at radius 1 is 1.05 bits per heavy atom. The summed E-state index contributed by atoms with van der Waals surface area (Å²) in [6, 6.07) is 3.48. The highest BCUT2D eigenvalue weighted by Gasteiger charge is 2.21. The van der Waals surface area contributed by atoms with Crippen molar-refractivity contribution < 1.29 is 4.74 Å². The lowest BCUT2D eigenvalue weighted by Crippen LogP contribution is -2.22. The van der Waals surface area contributed by atoms with E-state index in [2.05, 4.69) is 27.6 Å². The molecule has 5 heteroatoms.